The van der Waals surface area contributed by atoms with Gasteiger partial charge in [0.05, 0.1) is 18.4 Å². The van der Waals surface area contributed by atoms with E-state index in [0.717, 1.165) is 6.21 Å². The summed E-state index contributed by atoms with van der Waals surface area (Å²) in [5.74, 6) is 0. The van der Waals surface area contributed by atoms with Gasteiger partial charge in [-0.25, -0.2) is 29.0 Å². The van der Waals surface area contributed by atoms with Gasteiger partial charge in [-0.3, -0.25) is 0 Å². The Balaban J connectivity index is 0.000000383. The molecule has 2 rings (SSSR count). The lowest BCUT2D eigenvalue weighted by Gasteiger charge is -1.95. The summed E-state index contributed by atoms with van der Waals surface area (Å²) < 4.78 is 9.09. The zero-order valence-electron chi connectivity index (χ0n) is 11.4. The average molecular weight is 485 g/mol. The third-order valence-electron chi connectivity index (χ3n) is 1.82. The standard InChI is InChI=1S/C5H3Cl2N3O.C5HCl2N3.Cl2OS/c6-4-3(1-10-11)5(7)9-2-8-4;1-8-3-4(6)9-2-10-5(3)7;1-4(2)3/h1-2,11H;2H;/b10-1+;;. The Morgan fingerprint density at radius 3 is 1.64 bits per heavy atom. The van der Waals surface area contributed by atoms with Gasteiger partial charge in [0.1, 0.15) is 33.3 Å². The van der Waals surface area contributed by atoms with Crippen molar-refractivity contribution in [3.8, 4) is 0 Å². The molecule has 0 radical (unpaired) electrons. The molecule has 2 heterocycles. The fraction of sp³-hybridized carbons (Fsp3) is 0. The van der Waals surface area contributed by atoms with Gasteiger partial charge >= 0.3 is 0 Å². The molecular weight excluding hydrogens is 481 g/mol. The molecule has 8 nitrogen and oxygen atoms in total. The van der Waals surface area contributed by atoms with Crippen LogP contribution in [0.2, 0.25) is 20.6 Å². The molecule has 2 aromatic rings. The van der Waals surface area contributed by atoms with E-state index in [4.69, 9.17) is 62.4 Å². The van der Waals surface area contributed by atoms with Crippen molar-refractivity contribution in [2.45, 2.75) is 0 Å². The first-order valence-electron chi connectivity index (χ1n) is 5.35. The molecule has 0 bridgehead atoms. The largest absolute Gasteiger partial charge is 0.411 e. The van der Waals surface area contributed by atoms with Crippen molar-refractivity contribution in [2.24, 2.45) is 5.16 Å². The topological polar surface area (TPSA) is 106 Å². The molecule has 25 heavy (non-hydrogen) atoms. The summed E-state index contributed by atoms with van der Waals surface area (Å²) in [6.45, 7) is 6.60. The molecule has 0 fully saturated rings. The number of aromatic nitrogens is 4. The molecule has 0 aliphatic heterocycles. The molecule has 0 aromatic carbocycles. The van der Waals surface area contributed by atoms with Crippen LogP contribution in [0.3, 0.4) is 0 Å². The monoisotopic (exact) mass is 482 g/mol. The molecule has 0 saturated heterocycles. The normalized spacial score (nSPS) is 9.68. The molecule has 0 atom stereocenters. The summed E-state index contributed by atoms with van der Waals surface area (Å²) in [5, 5.41) is 11.4. The fourth-order valence-electron chi connectivity index (χ4n) is 0.949. The lowest BCUT2D eigenvalue weighted by Crippen LogP contribution is -1.90. The molecule has 2 aromatic heterocycles. The Bertz CT molecular complexity index is 757. The molecule has 0 unspecified atom stereocenters. The van der Waals surface area contributed by atoms with Gasteiger partial charge in [0, 0.05) is 21.4 Å². The number of hydrogen-bond donors (Lipinski definition) is 1. The molecule has 1 N–H and O–H groups in total. The lowest BCUT2D eigenvalue weighted by molar-refractivity contribution is 0.322. The maximum atomic E-state index is 9.09. The van der Waals surface area contributed by atoms with Crippen molar-refractivity contribution in [3.05, 3.63) is 50.2 Å². The lowest BCUT2D eigenvalue weighted by atomic mass is 10.4. The van der Waals surface area contributed by atoms with Crippen LogP contribution in [0.5, 0.6) is 0 Å². The smallest absolute Gasteiger partial charge is 0.260 e. The summed E-state index contributed by atoms with van der Waals surface area (Å²) >= 11 is 22.1. The second-order valence-corrected chi connectivity index (χ2v) is 7.17. The van der Waals surface area contributed by atoms with Gasteiger partial charge < -0.3 is 5.21 Å². The fourth-order valence-corrected chi connectivity index (χ4v) is 1.76. The summed E-state index contributed by atoms with van der Waals surface area (Å²) in [7, 11) is 7.36. The van der Waals surface area contributed by atoms with Gasteiger partial charge in [0.15, 0.2) is 0 Å². The van der Waals surface area contributed by atoms with Crippen LogP contribution in [0.4, 0.5) is 5.69 Å². The van der Waals surface area contributed by atoms with Crippen LogP contribution in [-0.2, 0) is 9.23 Å². The zero-order chi connectivity index (χ0) is 19.4. The molecule has 0 aliphatic rings. The van der Waals surface area contributed by atoms with E-state index in [1.54, 1.807) is 0 Å². The van der Waals surface area contributed by atoms with E-state index in [9.17, 15) is 0 Å². The van der Waals surface area contributed by atoms with Crippen molar-refractivity contribution < 1.29 is 9.42 Å². The quantitative estimate of drug-likeness (QED) is 0.153. The van der Waals surface area contributed by atoms with Crippen molar-refractivity contribution >= 4 is 88.9 Å². The first-order chi connectivity index (χ1) is 11.7. The maximum Gasteiger partial charge on any atom is 0.260 e. The van der Waals surface area contributed by atoms with Crippen LogP contribution in [-0.4, -0.2) is 35.6 Å². The minimum absolute atomic E-state index is 0.0926. The molecule has 0 amide bonds. The van der Waals surface area contributed by atoms with E-state index in [2.05, 4.69) is 51.3 Å². The number of hydrogen-bond acceptors (Lipinski definition) is 7. The number of oxime groups is 1. The highest BCUT2D eigenvalue weighted by molar-refractivity contribution is 8.26. The first-order valence-corrected chi connectivity index (χ1v) is 9.67. The van der Waals surface area contributed by atoms with E-state index in [0.29, 0.717) is 5.56 Å². The summed E-state index contributed by atoms with van der Waals surface area (Å²) in [6, 6.07) is 0. The van der Waals surface area contributed by atoms with Gasteiger partial charge in [-0.05, 0) is 0 Å². The van der Waals surface area contributed by atoms with Crippen LogP contribution in [0.25, 0.3) is 4.85 Å². The number of nitrogens with zero attached hydrogens (tertiary/aromatic N) is 6. The van der Waals surface area contributed by atoms with E-state index >= 15 is 0 Å². The molecule has 0 spiro atoms. The molecule has 15 heteroatoms. The first kappa shape index (κ1) is 24.0. The van der Waals surface area contributed by atoms with Crippen LogP contribution < -0.4 is 0 Å². The minimum Gasteiger partial charge on any atom is -0.411 e. The number of rotatable bonds is 1. The third kappa shape index (κ3) is 9.91. The SMILES string of the molecule is O/N=C/c1c(Cl)ncnc1Cl.O=S(Cl)Cl.[C-]#[N+]c1c(Cl)ncnc1Cl. The Hall–Kier alpha value is -0.990. The van der Waals surface area contributed by atoms with E-state index < -0.39 is 9.23 Å². The zero-order valence-corrected chi connectivity index (χ0v) is 16.8. The van der Waals surface area contributed by atoms with Gasteiger partial charge in [0.2, 0.25) is 9.23 Å². The van der Waals surface area contributed by atoms with Gasteiger partial charge in [-0.1, -0.05) is 51.6 Å². The molecule has 0 saturated carbocycles. The Kier molecular flexibility index (Phi) is 12.7. The van der Waals surface area contributed by atoms with Crippen molar-refractivity contribution in [1.82, 2.24) is 19.9 Å². The van der Waals surface area contributed by atoms with Crippen molar-refractivity contribution in [1.29, 1.82) is 0 Å². The van der Waals surface area contributed by atoms with Crippen molar-refractivity contribution in [2.75, 3.05) is 0 Å². The van der Waals surface area contributed by atoms with Crippen LogP contribution in [0, 0.1) is 6.57 Å². The highest BCUT2D eigenvalue weighted by Crippen LogP contribution is 2.28. The average Bonchev–Trinajstić information content (AvgIpc) is 2.51. The van der Waals surface area contributed by atoms with Crippen LogP contribution in [0.1, 0.15) is 5.56 Å². The predicted molar refractivity (Wildman–Crippen MR) is 99.6 cm³/mol. The second kappa shape index (κ2) is 13.2. The Labute approximate surface area is 173 Å². The van der Waals surface area contributed by atoms with Crippen molar-refractivity contribution in [3.63, 3.8) is 0 Å². The van der Waals surface area contributed by atoms with E-state index in [-0.39, 0.29) is 26.3 Å². The summed E-state index contributed by atoms with van der Waals surface area (Å²) in [4.78, 5) is 17.4. The van der Waals surface area contributed by atoms with Gasteiger partial charge in [-0.15, -0.1) is 0 Å². The highest BCUT2D eigenvalue weighted by Gasteiger charge is 2.06. The van der Waals surface area contributed by atoms with Crippen LogP contribution in [0.15, 0.2) is 17.8 Å². The molecule has 0 aliphatic carbocycles. The predicted octanol–water partition coefficient (Wildman–Crippen LogP) is 4.97. The Morgan fingerprint density at radius 2 is 1.36 bits per heavy atom. The molecule has 134 valence electrons. The molecular formula is C10H4Cl6N6O2S. The van der Waals surface area contributed by atoms with Crippen LogP contribution >= 0.6 is 67.8 Å². The van der Waals surface area contributed by atoms with E-state index in [1.165, 1.54) is 12.7 Å². The number of halogens is 6. The third-order valence-corrected chi connectivity index (χ3v) is 2.97. The van der Waals surface area contributed by atoms with Gasteiger partial charge in [-0.2, -0.15) is 0 Å². The second-order valence-electron chi connectivity index (χ2n) is 3.21. The Morgan fingerprint density at radius 1 is 1.00 bits per heavy atom. The van der Waals surface area contributed by atoms with Gasteiger partial charge in [0.25, 0.3) is 5.69 Å². The summed E-state index contributed by atoms with van der Waals surface area (Å²) in [5.41, 5.74) is 0.407. The minimum atomic E-state index is -1.67. The summed E-state index contributed by atoms with van der Waals surface area (Å²) in [6.07, 6.45) is 3.50. The highest BCUT2D eigenvalue weighted by atomic mass is 36.0. The van der Waals surface area contributed by atoms with E-state index in [1.807, 2.05) is 0 Å². The maximum absolute atomic E-state index is 9.09.